The van der Waals surface area contributed by atoms with Gasteiger partial charge in [0.2, 0.25) is 5.91 Å². The van der Waals surface area contributed by atoms with Crippen molar-refractivity contribution in [3.05, 3.63) is 36.5 Å². The van der Waals surface area contributed by atoms with Crippen molar-refractivity contribution in [3.63, 3.8) is 0 Å². The quantitative estimate of drug-likeness (QED) is 0.882. The van der Waals surface area contributed by atoms with E-state index in [2.05, 4.69) is 15.5 Å². The Kier molecular flexibility index (Phi) is 3.07. The van der Waals surface area contributed by atoms with Crippen molar-refractivity contribution in [1.82, 2.24) is 10.2 Å². The van der Waals surface area contributed by atoms with Crippen molar-refractivity contribution in [1.29, 1.82) is 0 Å². The molecule has 3 rings (SSSR count). The summed E-state index contributed by atoms with van der Waals surface area (Å²) in [7, 11) is 0. The van der Waals surface area contributed by atoms with Gasteiger partial charge in [-0.2, -0.15) is 5.10 Å². The number of anilines is 1. The summed E-state index contributed by atoms with van der Waals surface area (Å²) in [5, 5.41) is 9.81. The third-order valence-corrected chi connectivity index (χ3v) is 3.71. The maximum atomic E-state index is 12.0. The van der Waals surface area contributed by atoms with E-state index < -0.39 is 0 Å². The predicted molar refractivity (Wildman–Crippen MR) is 74.5 cm³/mol. The Morgan fingerprint density at radius 2 is 2.05 bits per heavy atom. The van der Waals surface area contributed by atoms with Crippen LogP contribution in [-0.2, 0) is 4.79 Å². The Hall–Kier alpha value is -2.10. The topological polar surface area (TPSA) is 57.8 Å². The SMILES string of the molecule is CC(C(=O)Nc1ccc(-c2ccn[nH]2)cc1)C1CC1. The molecular weight excluding hydrogens is 238 g/mol. The molecule has 0 bridgehead atoms. The van der Waals surface area contributed by atoms with Crippen molar-refractivity contribution in [2.75, 3.05) is 5.32 Å². The highest BCUT2D eigenvalue weighted by Gasteiger charge is 2.32. The third kappa shape index (κ3) is 2.67. The maximum Gasteiger partial charge on any atom is 0.227 e. The first kappa shape index (κ1) is 12.0. The molecule has 1 aliphatic rings. The van der Waals surface area contributed by atoms with Crippen LogP contribution in [0, 0.1) is 11.8 Å². The zero-order valence-electron chi connectivity index (χ0n) is 10.9. The van der Waals surface area contributed by atoms with E-state index in [1.165, 1.54) is 12.8 Å². The van der Waals surface area contributed by atoms with Crippen LogP contribution in [-0.4, -0.2) is 16.1 Å². The molecule has 0 spiro atoms. The molecule has 4 heteroatoms. The molecule has 1 heterocycles. The second-order valence-electron chi connectivity index (χ2n) is 5.16. The van der Waals surface area contributed by atoms with Gasteiger partial charge < -0.3 is 5.32 Å². The Balaban J connectivity index is 1.67. The summed E-state index contributed by atoms with van der Waals surface area (Å²) in [6.07, 6.45) is 4.10. The number of hydrogen-bond donors (Lipinski definition) is 2. The molecule has 19 heavy (non-hydrogen) atoms. The standard InChI is InChI=1S/C15H17N3O/c1-10(11-2-3-11)15(19)17-13-6-4-12(5-7-13)14-8-9-16-18-14/h4-11H,2-3H2,1H3,(H,16,18)(H,17,19). The molecule has 1 aromatic carbocycles. The second kappa shape index (κ2) is 4.88. The average Bonchev–Trinajstić information content (AvgIpc) is 3.14. The number of carbonyl (C=O) groups is 1. The van der Waals surface area contributed by atoms with Crippen LogP contribution in [0.2, 0.25) is 0 Å². The predicted octanol–water partition coefficient (Wildman–Crippen LogP) is 3.06. The van der Waals surface area contributed by atoms with Crippen LogP contribution < -0.4 is 5.32 Å². The fourth-order valence-electron chi connectivity index (χ4n) is 2.22. The highest BCUT2D eigenvalue weighted by atomic mass is 16.1. The van der Waals surface area contributed by atoms with E-state index in [1.807, 2.05) is 37.3 Å². The van der Waals surface area contributed by atoms with Gasteiger partial charge in [-0.1, -0.05) is 19.1 Å². The van der Waals surface area contributed by atoms with Gasteiger partial charge in [-0.3, -0.25) is 9.89 Å². The first-order chi connectivity index (χ1) is 9.24. The largest absolute Gasteiger partial charge is 0.326 e. The summed E-state index contributed by atoms with van der Waals surface area (Å²) in [4.78, 5) is 12.0. The van der Waals surface area contributed by atoms with E-state index in [9.17, 15) is 4.79 Å². The van der Waals surface area contributed by atoms with Gasteiger partial charge in [0.25, 0.3) is 0 Å². The molecular formula is C15H17N3O. The monoisotopic (exact) mass is 255 g/mol. The van der Waals surface area contributed by atoms with Crippen LogP contribution in [0.3, 0.4) is 0 Å². The molecule has 1 aromatic heterocycles. The first-order valence-electron chi connectivity index (χ1n) is 6.65. The van der Waals surface area contributed by atoms with Crippen LogP contribution in [0.1, 0.15) is 19.8 Å². The smallest absolute Gasteiger partial charge is 0.227 e. The van der Waals surface area contributed by atoms with Crippen molar-refractivity contribution >= 4 is 11.6 Å². The molecule has 1 unspecified atom stereocenters. The first-order valence-corrected chi connectivity index (χ1v) is 6.65. The lowest BCUT2D eigenvalue weighted by molar-refractivity contribution is -0.119. The highest BCUT2D eigenvalue weighted by molar-refractivity contribution is 5.92. The number of hydrogen-bond acceptors (Lipinski definition) is 2. The minimum atomic E-state index is 0.118. The van der Waals surface area contributed by atoms with Crippen molar-refractivity contribution in [2.24, 2.45) is 11.8 Å². The highest BCUT2D eigenvalue weighted by Crippen LogP contribution is 2.37. The minimum absolute atomic E-state index is 0.118. The number of rotatable bonds is 4. The third-order valence-electron chi connectivity index (χ3n) is 3.71. The van der Waals surface area contributed by atoms with E-state index in [4.69, 9.17) is 0 Å². The van der Waals surface area contributed by atoms with Crippen molar-refractivity contribution < 1.29 is 4.79 Å². The number of H-pyrrole nitrogens is 1. The van der Waals surface area contributed by atoms with Gasteiger partial charge in [-0.15, -0.1) is 0 Å². The summed E-state index contributed by atoms with van der Waals surface area (Å²) < 4.78 is 0. The van der Waals surface area contributed by atoms with E-state index in [1.54, 1.807) is 6.20 Å². The van der Waals surface area contributed by atoms with Gasteiger partial charge >= 0.3 is 0 Å². The lowest BCUT2D eigenvalue weighted by Crippen LogP contribution is -2.21. The average molecular weight is 255 g/mol. The molecule has 2 aromatic rings. The maximum absolute atomic E-state index is 12.0. The molecule has 1 atom stereocenters. The van der Waals surface area contributed by atoms with Crippen LogP contribution in [0.4, 0.5) is 5.69 Å². The van der Waals surface area contributed by atoms with E-state index in [-0.39, 0.29) is 11.8 Å². The Morgan fingerprint density at radius 3 is 2.63 bits per heavy atom. The Labute approximate surface area is 112 Å². The van der Waals surface area contributed by atoms with Gasteiger partial charge in [0.05, 0.1) is 5.69 Å². The summed E-state index contributed by atoms with van der Waals surface area (Å²) in [5.41, 5.74) is 2.88. The van der Waals surface area contributed by atoms with Gasteiger partial charge in [-0.25, -0.2) is 0 Å². The molecule has 1 aliphatic carbocycles. The Morgan fingerprint density at radius 1 is 1.32 bits per heavy atom. The molecule has 0 radical (unpaired) electrons. The van der Waals surface area contributed by atoms with Crippen molar-refractivity contribution in [2.45, 2.75) is 19.8 Å². The fraction of sp³-hybridized carbons (Fsp3) is 0.333. The molecule has 98 valence electrons. The number of nitrogens with zero attached hydrogens (tertiary/aromatic N) is 1. The second-order valence-corrected chi connectivity index (χ2v) is 5.16. The van der Waals surface area contributed by atoms with Crippen LogP contribution in [0.25, 0.3) is 11.3 Å². The van der Waals surface area contributed by atoms with Crippen LogP contribution in [0.5, 0.6) is 0 Å². The molecule has 1 amide bonds. The molecule has 2 N–H and O–H groups in total. The number of benzene rings is 1. The normalized spacial score (nSPS) is 16.1. The van der Waals surface area contributed by atoms with Crippen LogP contribution in [0.15, 0.2) is 36.5 Å². The number of carbonyl (C=O) groups excluding carboxylic acids is 1. The lowest BCUT2D eigenvalue weighted by atomic mass is 10.1. The minimum Gasteiger partial charge on any atom is -0.326 e. The number of nitrogens with one attached hydrogen (secondary N) is 2. The van der Waals surface area contributed by atoms with E-state index in [0.717, 1.165) is 16.9 Å². The molecule has 1 saturated carbocycles. The van der Waals surface area contributed by atoms with E-state index in [0.29, 0.717) is 5.92 Å². The molecule has 0 saturated heterocycles. The molecule has 1 fully saturated rings. The molecule has 4 nitrogen and oxygen atoms in total. The number of aromatic nitrogens is 2. The summed E-state index contributed by atoms with van der Waals surface area (Å²) >= 11 is 0. The van der Waals surface area contributed by atoms with Gasteiger partial charge in [0, 0.05) is 17.8 Å². The van der Waals surface area contributed by atoms with Gasteiger partial charge in [0.1, 0.15) is 0 Å². The molecule has 0 aliphatic heterocycles. The van der Waals surface area contributed by atoms with E-state index >= 15 is 0 Å². The summed E-state index contributed by atoms with van der Waals surface area (Å²) in [5.74, 6) is 0.827. The van der Waals surface area contributed by atoms with Gasteiger partial charge in [-0.05, 0) is 42.5 Å². The summed E-state index contributed by atoms with van der Waals surface area (Å²) in [6.45, 7) is 2.01. The number of amides is 1. The Bertz CT molecular complexity index is 556. The zero-order valence-corrected chi connectivity index (χ0v) is 10.9. The van der Waals surface area contributed by atoms with Crippen LogP contribution >= 0.6 is 0 Å². The zero-order chi connectivity index (χ0) is 13.2. The summed E-state index contributed by atoms with van der Waals surface area (Å²) in [6, 6.07) is 9.72. The fourth-order valence-corrected chi connectivity index (χ4v) is 2.22. The van der Waals surface area contributed by atoms with Crippen molar-refractivity contribution in [3.8, 4) is 11.3 Å². The lowest BCUT2D eigenvalue weighted by Gasteiger charge is -2.11. The van der Waals surface area contributed by atoms with Gasteiger partial charge in [0.15, 0.2) is 0 Å². The number of aromatic amines is 1.